The summed E-state index contributed by atoms with van der Waals surface area (Å²) >= 11 is 3.42. The zero-order chi connectivity index (χ0) is 16.2. The number of pyridine rings is 1. The van der Waals surface area contributed by atoms with Crippen molar-refractivity contribution in [1.29, 1.82) is 0 Å². The normalized spacial score (nSPS) is 11.0. The van der Waals surface area contributed by atoms with E-state index in [1.165, 1.54) is 0 Å². The number of hydrogen-bond donors (Lipinski definition) is 0. The van der Waals surface area contributed by atoms with Gasteiger partial charge in [0.2, 0.25) is 0 Å². The molecule has 0 aliphatic carbocycles. The molecule has 2 aromatic heterocycles. The Balaban J connectivity index is 1.86. The smallest absolute Gasteiger partial charge is 0.124 e. The molecule has 0 aliphatic rings. The minimum absolute atomic E-state index is 0.518. The molecule has 0 atom stereocenters. The molecular formula is C18H18N2OS2. The molecule has 0 N–H and O–H groups in total. The average molecular weight is 342 g/mol. The van der Waals surface area contributed by atoms with Gasteiger partial charge >= 0.3 is 0 Å². The Morgan fingerprint density at radius 1 is 1.09 bits per heavy atom. The Hall–Kier alpha value is -1.85. The van der Waals surface area contributed by atoms with Crippen LogP contribution in [0.2, 0.25) is 0 Å². The van der Waals surface area contributed by atoms with Crippen LogP contribution in [0.15, 0.2) is 53.0 Å². The predicted molar refractivity (Wildman–Crippen MR) is 98.3 cm³/mol. The molecule has 1 aromatic carbocycles. The van der Waals surface area contributed by atoms with E-state index in [-0.39, 0.29) is 0 Å². The van der Waals surface area contributed by atoms with Gasteiger partial charge in [0.1, 0.15) is 10.8 Å². The molecule has 0 amide bonds. The van der Waals surface area contributed by atoms with Crippen LogP contribution in [0.1, 0.15) is 13.8 Å². The van der Waals surface area contributed by atoms with E-state index in [9.17, 15) is 0 Å². The first kappa shape index (κ1) is 16.0. The SMILES string of the molecule is COc1ccc(-c2csc(-c3ccnc(SC(C)C)c3)n2)cc1. The first-order valence-electron chi connectivity index (χ1n) is 7.39. The van der Waals surface area contributed by atoms with Gasteiger partial charge in [0.25, 0.3) is 0 Å². The molecule has 3 nitrogen and oxygen atoms in total. The molecule has 5 heteroatoms. The molecule has 0 saturated carbocycles. The van der Waals surface area contributed by atoms with E-state index >= 15 is 0 Å². The summed E-state index contributed by atoms with van der Waals surface area (Å²) in [6.07, 6.45) is 1.86. The van der Waals surface area contributed by atoms with E-state index in [1.807, 2.05) is 36.5 Å². The fourth-order valence-corrected chi connectivity index (χ4v) is 3.77. The van der Waals surface area contributed by atoms with Gasteiger partial charge in [0.15, 0.2) is 0 Å². The Morgan fingerprint density at radius 3 is 2.57 bits per heavy atom. The van der Waals surface area contributed by atoms with Crippen LogP contribution >= 0.6 is 23.1 Å². The molecule has 0 bridgehead atoms. The number of methoxy groups -OCH3 is 1. The van der Waals surface area contributed by atoms with E-state index in [0.29, 0.717) is 5.25 Å². The lowest BCUT2D eigenvalue weighted by molar-refractivity contribution is 0.415. The minimum Gasteiger partial charge on any atom is -0.497 e. The highest BCUT2D eigenvalue weighted by molar-refractivity contribution is 7.99. The van der Waals surface area contributed by atoms with Gasteiger partial charge in [-0.15, -0.1) is 23.1 Å². The molecule has 3 rings (SSSR count). The number of rotatable bonds is 5. The summed E-state index contributed by atoms with van der Waals surface area (Å²) in [5.74, 6) is 0.855. The number of nitrogens with zero attached hydrogens (tertiary/aromatic N) is 2. The van der Waals surface area contributed by atoms with Gasteiger partial charge in [-0.3, -0.25) is 0 Å². The second-order valence-corrected chi connectivity index (χ2v) is 7.77. The molecule has 0 radical (unpaired) electrons. The Kier molecular flexibility index (Phi) is 4.98. The molecule has 0 aliphatic heterocycles. The zero-order valence-electron chi connectivity index (χ0n) is 13.3. The van der Waals surface area contributed by atoms with Gasteiger partial charge in [-0.05, 0) is 36.4 Å². The number of thiazole rings is 1. The number of aromatic nitrogens is 2. The van der Waals surface area contributed by atoms with Crippen LogP contribution < -0.4 is 4.74 Å². The van der Waals surface area contributed by atoms with Gasteiger partial charge in [0.05, 0.1) is 17.8 Å². The molecule has 3 aromatic rings. The van der Waals surface area contributed by atoms with Gasteiger partial charge in [0, 0.05) is 28.0 Å². The standard InChI is InChI=1S/C18H18N2OS2/c1-12(2)23-17-10-14(8-9-19-17)18-20-16(11-22-18)13-4-6-15(21-3)7-5-13/h4-12H,1-3H3. The molecule has 23 heavy (non-hydrogen) atoms. The van der Waals surface area contributed by atoms with Crippen LogP contribution in [0.5, 0.6) is 5.75 Å². The molecule has 2 heterocycles. The summed E-state index contributed by atoms with van der Waals surface area (Å²) in [6.45, 7) is 4.34. The number of benzene rings is 1. The van der Waals surface area contributed by atoms with Gasteiger partial charge in [-0.1, -0.05) is 13.8 Å². The van der Waals surface area contributed by atoms with Crippen LogP contribution in [0, 0.1) is 0 Å². The summed E-state index contributed by atoms with van der Waals surface area (Å²) in [5.41, 5.74) is 3.20. The molecule has 118 valence electrons. The quantitative estimate of drug-likeness (QED) is 0.583. The summed E-state index contributed by atoms with van der Waals surface area (Å²) in [6, 6.07) is 12.1. The van der Waals surface area contributed by atoms with Gasteiger partial charge in [-0.25, -0.2) is 9.97 Å². The first-order valence-corrected chi connectivity index (χ1v) is 9.14. The maximum absolute atomic E-state index is 5.20. The Morgan fingerprint density at radius 2 is 1.87 bits per heavy atom. The first-order chi connectivity index (χ1) is 11.2. The third-order valence-corrected chi connectivity index (χ3v) is 5.06. The third kappa shape index (κ3) is 3.92. The van der Waals surface area contributed by atoms with E-state index in [2.05, 4.69) is 30.3 Å². The number of ether oxygens (including phenoxy) is 1. The Bertz CT molecular complexity index is 782. The van der Waals surface area contributed by atoms with Gasteiger partial charge in [-0.2, -0.15) is 0 Å². The molecule has 0 unspecified atom stereocenters. The summed E-state index contributed by atoms with van der Waals surface area (Å²) in [4.78, 5) is 9.18. The second kappa shape index (κ2) is 7.15. The largest absolute Gasteiger partial charge is 0.497 e. The number of thioether (sulfide) groups is 1. The van der Waals surface area contributed by atoms with Crippen molar-refractivity contribution in [3.63, 3.8) is 0 Å². The molecular weight excluding hydrogens is 324 g/mol. The topological polar surface area (TPSA) is 35.0 Å². The van der Waals surface area contributed by atoms with E-state index in [4.69, 9.17) is 9.72 Å². The fraction of sp³-hybridized carbons (Fsp3) is 0.222. The van der Waals surface area contributed by atoms with Crippen molar-refractivity contribution in [3.8, 4) is 27.6 Å². The monoisotopic (exact) mass is 342 g/mol. The minimum atomic E-state index is 0.518. The van der Waals surface area contributed by atoms with E-state index in [1.54, 1.807) is 30.2 Å². The molecule has 0 spiro atoms. The van der Waals surface area contributed by atoms with Crippen molar-refractivity contribution in [2.45, 2.75) is 24.1 Å². The van der Waals surface area contributed by atoms with Crippen molar-refractivity contribution in [3.05, 3.63) is 48.0 Å². The lowest BCUT2D eigenvalue weighted by Gasteiger charge is -2.04. The number of hydrogen-bond acceptors (Lipinski definition) is 5. The van der Waals surface area contributed by atoms with E-state index < -0.39 is 0 Å². The van der Waals surface area contributed by atoms with Crippen LogP contribution in [-0.4, -0.2) is 22.3 Å². The van der Waals surface area contributed by atoms with Crippen molar-refractivity contribution in [2.75, 3.05) is 7.11 Å². The highest BCUT2D eigenvalue weighted by atomic mass is 32.2. The lowest BCUT2D eigenvalue weighted by atomic mass is 10.2. The molecule has 0 saturated heterocycles. The average Bonchev–Trinajstić information content (AvgIpc) is 3.04. The Labute approximate surface area is 144 Å². The van der Waals surface area contributed by atoms with Crippen molar-refractivity contribution < 1.29 is 4.74 Å². The maximum Gasteiger partial charge on any atom is 0.124 e. The van der Waals surface area contributed by atoms with Crippen molar-refractivity contribution in [1.82, 2.24) is 9.97 Å². The summed E-state index contributed by atoms with van der Waals surface area (Å²) in [7, 11) is 1.67. The maximum atomic E-state index is 5.20. The van der Waals surface area contributed by atoms with E-state index in [0.717, 1.165) is 32.6 Å². The lowest BCUT2D eigenvalue weighted by Crippen LogP contribution is -1.89. The van der Waals surface area contributed by atoms with Crippen molar-refractivity contribution >= 4 is 23.1 Å². The second-order valence-electron chi connectivity index (χ2n) is 5.32. The summed E-state index contributed by atoms with van der Waals surface area (Å²) < 4.78 is 5.20. The van der Waals surface area contributed by atoms with Crippen molar-refractivity contribution in [2.24, 2.45) is 0 Å². The zero-order valence-corrected chi connectivity index (χ0v) is 14.9. The fourth-order valence-electron chi connectivity index (χ4n) is 2.15. The highest BCUT2D eigenvalue weighted by Crippen LogP contribution is 2.31. The third-order valence-electron chi connectivity index (χ3n) is 3.23. The highest BCUT2D eigenvalue weighted by Gasteiger charge is 2.09. The van der Waals surface area contributed by atoms with Crippen LogP contribution in [0.3, 0.4) is 0 Å². The molecule has 0 fully saturated rings. The van der Waals surface area contributed by atoms with Crippen LogP contribution in [0.25, 0.3) is 21.8 Å². The summed E-state index contributed by atoms with van der Waals surface area (Å²) in [5, 5.41) is 4.67. The van der Waals surface area contributed by atoms with Crippen LogP contribution in [0.4, 0.5) is 0 Å². The van der Waals surface area contributed by atoms with Gasteiger partial charge < -0.3 is 4.74 Å². The van der Waals surface area contributed by atoms with Crippen LogP contribution in [-0.2, 0) is 0 Å². The predicted octanol–water partition coefficient (Wildman–Crippen LogP) is 5.38.